The number of nitrogens with one attached hydrogen (secondary N) is 2. The lowest BCUT2D eigenvalue weighted by Crippen LogP contribution is -2.34. The number of carbonyl (C=O) groups is 2. The van der Waals surface area contributed by atoms with E-state index in [0.29, 0.717) is 47.3 Å². The molecular weight excluding hydrogens is 534 g/mol. The molecule has 0 aliphatic carbocycles. The fourth-order valence-electron chi connectivity index (χ4n) is 4.90. The summed E-state index contributed by atoms with van der Waals surface area (Å²) in [5, 5.41) is 10.7. The molecule has 1 fully saturated rings. The number of rotatable bonds is 14. The van der Waals surface area contributed by atoms with Gasteiger partial charge in [0.1, 0.15) is 0 Å². The zero-order valence-electron chi connectivity index (χ0n) is 23.3. The second-order valence-corrected chi connectivity index (χ2v) is 9.80. The summed E-state index contributed by atoms with van der Waals surface area (Å²) in [7, 11) is 1.92. The minimum absolute atomic E-state index is 0.165. The Bertz CT molecular complexity index is 1480. The Morgan fingerprint density at radius 1 is 1.10 bits per heavy atom. The minimum Gasteiger partial charge on any atom is -0.457 e. The van der Waals surface area contributed by atoms with E-state index in [1.54, 1.807) is 23.9 Å². The summed E-state index contributed by atoms with van der Waals surface area (Å²) >= 11 is 0. The number of nitrogens with zero attached hydrogens (tertiary/aromatic N) is 7. The van der Waals surface area contributed by atoms with Crippen molar-refractivity contribution in [3.8, 4) is 0 Å². The van der Waals surface area contributed by atoms with Crippen molar-refractivity contribution in [3.05, 3.63) is 42.1 Å². The third kappa shape index (κ3) is 5.84. The highest BCUT2D eigenvalue weighted by Gasteiger charge is 2.51. The van der Waals surface area contributed by atoms with E-state index in [4.69, 9.17) is 28.7 Å². The van der Waals surface area contributed by atoms with Crippen LogP contribution in [0.4, 0.5) is 11.8 Å². The molecule has 4 aromatic heterocycles. The van der Waals surface area contributed by atoms with Gasteiger partial charge >= 0.3 is 0 Å². The normalized spacial score (nSPS) is 20.4. The summed E-state index contributed by atoms with van der Waals surface area (Å²) in [4.78, 5) is 41.4. The molecule has 0 unspecified atom stereocenters. The monoisotopic (exact) mass is 567 g/mol. The molecule has 5 heterocycles. The molecule has 1 aliphatic rings. The Morgan fingerprint density at radius 3 is 2.54 bits per heavy atom. The van der Waals surface area contributed by atoms with Gasteiger partial charge < -0.3 is 33.9 Å². The molecule has 0 saturated carbocycles. The van der Waals surface area contributed by atoms with Crippen molar-refractivity contribution in [2.45, 2.75) is 70.6 Å². The van der Waals surface area contributed by atoms with Gasteiger partial charge in [0, 0.05) is 38.3 Å². The molecule has 4 aromatic rings. The first-order valence-electron chi connectivity index (χ1n) is 13.4. The molecule has 0 bridgehead atoms. The van der Waals surface area contributed by atoms with Crippen molar-refractivity contribution in [2.24, 2.45) is 7.05 Å². The number of anilines is 2. The average Bonchev–Trinajstić information content (AvgIpc) is 3.75. The molecule has 15 nitrogen and oxygen atoms in total. The number of carbonyl (C=O) groups excluding carboxylic acids is 2. The number of ether oxygens (including phenoxy) is 3. The average molecular weight is 568 g/mol. The van der Waals surface area contributed by atoms with Gasteiger partial charge in [0.15, 0.2) is 47.3 Å². The van der Waals surface area contributed by atoms with E-state index in [9.17, 15) is 9.59 Å². The minimum atomic E-state index is -1.03. The van der Waals surface area contributed by atoms with Gasteiger partial charge in [-0.25, -0.2) is 9.97 Å². The standard InChI is InChI=1S/C26H33N9O6/c1-5-16(6-2)30-23-19-24(32-26(31-23)27-8-7-17-10-34(4)11-28-17)35(12-29-19)25-22(39-14-37)21(38-13-36)20(40-25)18-9-15(3)33-41-18/h9-14,16,20-22,25H,5-8H2,1-4H3,(H2,27,30,31,32)/t20-,21-,22-,25-/m1/s1. The maximum Gasteiger partial charge on any atom is 0.293 e. The number of hydrogen-bond donors (Lipinski definition) is 2. The van der Waals surface area contributed by atoms with Crippen molar-refractivity contribution >= 4 is 35.9 Å². The van der Waals surface area contributed by atoms with Crippen LogP contribution in [0.2, 0.25) is 0 Å². The summed E-state index contributed by atoms with van der Waals surface area (Å²) < 4.78 is 26.0. The first-order valence-corrected chi connectivity index (χ1v) is 13.4. The van der Waals surface area contributed by atoms with Crippen molar-refractivity contribution in [1.82, 2.24) is 34.2 Å². The zero-order chi connectivity index (χ0) is 28.9. The van der Waals surface area contributed by atoms with Crippen LogP contribution < -0.4 is 10.6 Å². The highest BCUT2D eigenvalue weighted by Crippen LogP contribution is 2.43. The number of hydrogen-bond acceptors (Lipinski definition) is 13. The summed E-state index contributed by atoms with van der Waals surface area (Å²) in [6, 6.07) is 1.83. The fraction of sp³-hybridized carbons (Fsp3) is 0.500. The predicted molar refractivity (Wildman–Crippen MR) is 145 cm³/mol. The second-order valence-electron chi connectivity index (χ2n) is 9.80. The maximum absolute atomic E-state index is 11.5. The number of aromatic nitrogens is 7. The molecule has 0 amide bonds. The SMILES string of the molecule is CCC(CC)Nc1nc(NCCc2cn(C)cn2)nc2c1ncn2[C@@H]1O[C@H](c2cc(C)no2)[C@@H](OC=O)[C@H]1OC=O. The third-order valence-electron chi connectivity index (χ3n) is 6.99. The quantitative estimate of drug-likeness (QED) is 0.213. The van der Waals surface area contributed by atoms with E-state index >= 15 is 0 Å². The largest absolute Gasteiger partial charge is 0.457 e. The molecular formula is C26H33N9O6. The van der Waals surface area contributed by atoms with Crippen molar-refractivity contribution in [1.29, 1.82) is 0 Å². The van der Waals surface area contributed by atoms with E-state index in [-0.39, 0.29) is 19.0 Å². The van der Waals surface area contributed by atoms with Crippen LogP contribution >= 0.6 is 0 Å². The number of imidazole rings is 2. The summed E-state index contributed by atoms with van der Waals surface area (Å²) in [6.45, 7) is 7.05. The lowest BCUT2D eigenvalue weighted by Gasteiger charge is -2.21. The summed E-state index contributed by atoms with van der Waals surface area (Å²) in [6.07, 6.45) is 3.79. The second kappa shape index (κ2) is 12.3. The van der Waals surface area contributed by atoms with Crippen molar-refractivity contribution < 1.29 is 28.3 Å². The number of fused-ring (bicyclic) bond motifs is 1. The van der Waals surface area contributed by atoms with Gasteiger partial charge in [-0.3, -0.25) is 14.2 Å². The van der Waals surface area contributed by atoms with Gasteiger partial charge in [0.05, 0.1) is 24.0 Å². The van der Waals surface area contributed by atoms with Gasteiger partial charge in [0.2, 0.25) is 5.95 Å². The lowest BCUT2D eigenvalue weighted by molar-refractivity contribution is -0.151. The first-order chi connectivity index (χ1) is 19.9. The van der Waals surface area contributed by atoms with E-state index in [0.717, 1.165) is 18.5 Å². The van der Waals surface area contributed by atoms with Crippen LogP contribution in [0.5, 0.6) is 0 Å². The van der Waals surface area contributed by atoms with Crippen LogP contribution in [0.25, 0.3) is 11.2 Å². The molecule has 4 atom stereocenters. The summed E-state index contributed by atoms with van der Waals surface area (Å²) in [5.41, 5.74) is 2.48. The van der Waals surface area contributed by atoms with E-state index < -0.39 is 24.5 Å². The summed E-state index contributed by atoms with van der Waals surface area (Å²) in [5.74, 6) is 1.25. The van der Waals surface area contributed by atoms with Gasteiger partial charge in [-0.05, 0) is 19.8 Å². The Hall–Kier alpha value is -4.53. The first kappa shape index (κ1) is 28.0. The Morgan fingerprint density at radius 2 is 1.88 bits per heavy atom. The van der Waals surface area contributed by atoms with Crippen LogP contribution in [0.1, 0.15) is 56.2 Å². The molecule has 0 spiro atoms. The zero-order valence-corrected chi connectivity index (χ0v) is 23.3. The van der Waals surface area contributed by atoms with Gasteiger partial charge in [-0.1, -0.05) is 19.0 Å². The number of aryl methyl sites for hydroxylation is 2. The molecule has 41 heavy (non-hydrogen) atoms. The van der Waals surface area contributed by atoms with Crippen LogP contribution in [-0.4, -0.2) is 72.0 Å². The van der Waals surface area contributed by atoms with Gasteiger partial charge in [-0.15, -0.1) is 0 Å². The van der Waals surface area contributed by atoms with E-state index in [1.165, 1.54) is 6.33 Å². The van der Waals surface area contributed by atoms with Crippen LogP contribution in [0, 0.1) is 6.92 Å². The van der Waals surface area contributed by atoms with E-state index in [2.05, 4.69) is 39.6 Å². The molecule has 218 valence electrons. The lowest BCUT2D eigenvalue weighted by atomic mass is 10.1. The van der Waals surface area contributed by atoms with E-state index in [1.807, 2.05) is 17.8 Å². The highest BCUT2D eigenvalue weighted by molar-refractivity contribution is 5.84. The Balaban J connectivity index is 1.52. The molecule has 0 aromatic carbocycles. The molecule has 5 rings (SSSR count). The maximum atomic E-state index is 11.5. The van der Waals surface area contributed by atoms with Crippen LogP contribution in [0.15, 0.2) is 29.4 Å². The van der Waals surface area contributed by atoms with Crippen LogP contribution in [-0.2, 0) is 37.3 Å². The molecule has 2 N–H and O–H groups in total. The van der Waals surface area contributed by atoms with Crippen LogP contribution in [0.3, 0.4) is 0 Å². The third-order valence-corrected chi connectivity index (χ3v) is 6.99. The Labute approximate surface area is 235 Å². The van der Waals surface area contributed by atoms with Gasteiger partial charge in [-0.2, -0.15) is 9.97 Å². The topological polar surface area (TPSA) is 173 Å². The smallest absolute Gasteiger partial charge is 0.293 e. The predicted octanol–water partition coefficient (Wildman–Crippen LogP) is 2.46. The van der Waals surface area contributed by atoms with Crippen molar-refractivity contribution in [3.63, 3.8) is 0 Å². The molecule has 1 aliphatic heterocycles. The van der Waals surface area contributed by atoms with Crippen molar-refractivity contribution in [2.75, 3.05) is 17.2 Å². The van der Waals surface area contributed by atoms with Gasteiger partial charge in [0.25, 0.3) is 12.9 Å². The molecule has 15 heteroatoms. The Kier molecular flexibility index (Phi) is 8.42. The molecule has 0 radical (unpaired) electrons. The highest BCUT2D eigenvalue weighted by atomic mass is 16.6. The molecule has 1 saturated heterocycles. The fourth-order valence-corrected chi connectivity index (χ4v) is 4.90.